The zero-order valence-corrected chi connectivity index (χ0v) is 23.7. The lowest BCUT2D eigenvalue weighted by Gasteiger charge is -2.47. The predicted molar refractivity (Wildman–Crippen MR) is 146 cm³/mol. The Morgan fingerprint density at radius 1 is 1.13 bits per heavy atom. The fourth-order valence-electron chi connectivity index (χ4n) is 6.57. The quantitative estimate of drug-likeness (QED) is 0.602. The molecule has 39 heavy (non-hydrogen) atoms. The molecule has 0 spiro atoms. The number of anilines is 1. The number of nitrogens with one attached hydrogen (secondary N) is 2. The summed E-state index contributed by atoms with van der Waals surface area (Å²) in [5.41, 5.74) is 1.53. The lowest BCUT2D eigenvalue weighted by Crippen LogP contribution is -2.62. The highest BCUT2D eigenvalue weighted by Crippen LogP contribution is 2.41. The van der Waals surface area contributed by atoms with E-state index in [-0.39, 0.29) is 18.0 Å². The Hall–Kier alpha value is -2.92. The molecule has 1 aliphatic carbocycles. The van der Waals surface area contributed by atoms with E-state index in [0.29, 0.717) is 42.6 Å². The number of hydrogen-bond donors (Lipinski definition) is 2. The number of aromatic amines is 1. The van der Waals surface area contributed by atoms with Crippen molar-refractivity contribution in [2.24, 2.45) is 5.92 Å². The summed E-state index contributed by atoms with van der Waals surface area (Å²) in [7, 11) is 0. The van der Waals surface area contributed by atoms with E-state index >= 15 is 0 Å². The first-order chi connectivity index (χ1) is 18.7. The molecule has 4 aliphatic rings. The molecule has 2 atom stereocenters. The van der Waals surface area contributed by atoms with Crippen LogP contribution in [0.15, 0.2) is 12.5 Å². The lowest BCUT2D eigenvalue weighted by molar-refractivity contribution is 0.00882. The minimum absolute atomic E-state index is 0.0335. The van der Waals surface area contributed by atoms with Gasteiger partial charge in [-0.3, -0.25) is 14.8 Å². The summed E-state index contributed by atoms with van der Waals surface area (Å²) < 4.78 is 7.57. The van der Waals surface area contributed by atoms with Gasteiger partial charge in [-0.1, -0.05) is 0 Å². The summed E-state index contributed by atoms with van der Waals surface area (Å²) in [5.74, 6) is 0.860. The number of rotatable bonds is 5. The number of piperazine rings is 1. The standard InChI is InChI=1S/C28H42N8O3/c1-18-13-35(19(2)12-33(18)14-20-8-10-39-11-9-20)27(38)36-15-22-24(28(36,3)4)31-32-25(22)30-26(37)23-16-34(17-29-23)21-6-5-7-21/h16-21H,5-15H2,1-4H3,(H2,30,31,32,37)/t18-,19+/m1/s1. The number of fused-ring (bicyclic) bond motifs is 1. The minimum atomic E-state index is -0.573. The van der Waals surface area contributed by atoms with Crippen LogP contribution in [0.25, 0.3) is 0 Å². The summed E-state index contributed by atoms with van der Waals surface area (Å²) in [6.07, 6.45) is 9.28. The summed E-state index contributed by atoms with van der Waals surface area (Å²) in [5, 5.41) is 10.5. The van der Waals surface area contributed by atoms with Crippen molar-refractivity contribution in [3.05, 3.63) is 29.5 Å². The molecule has 3 fully saturated rings. The minimum Gasteiger partial charge on any atom is -0.381 e. The fraction of sp³-hybridized carbons (Fsp3) is 0.714. The zero-order chi connectivity index (χ0) is 27.3. The first-order valence-electron chi connectivity index (χ1n) is 14.5. The Morgan fingerprint density at radius 3 is 2.62 bits per heavy atom. The average molecular weight is 539 g/mol. The van der Waals surface area contributed by atoms with E-state index in [4.69, 9.17) is 4.74 Å². The van der Waals surface area contributed by atoms with Crippen LogP contribution in [0.5, 0.6) is 0 Å². The van der Waals surface area contributed by atoms with Crippen LogP contribution in [-0.4, -0.2) is 91.3 Å². The molecule has 2 aromatic heterocycles. The summed E-state index contributed by atoms with van der Waals surface area (Å²) in [6, 6.07) is 0.897. The second-order valence-corrected chi connectivity index (χ2v) is 12.5. The third-order valence-corrected chi connectivity index (χ3v) is 9.46. The highest BCUT2D eigenvalue weighted by molar-refractivity contribution is 6.02. The van der Waals surface area contributed by atoms with Gasteiger partial charge in [0.05, 0.1) is 24.1 Å². The van der Waals surface area contributed by atoms with Gasteiger partial charge >= 0.3 is 6.03 Å². The molecule has 1 saturated carbocycles. The van der Waals surface area contributed by atoms with Crippen molar-refractivity contribution in [1.29, 1.82) is 0 Å². The topological polar surface area (TPSA) is 112 Å². The van der Waals surface area contributed by atoms with E-state index in [1.165, 1.54) is 6.42 Å². The van der Waals surface area contributed by atoms with E-state index < -0.39 is 5.54 Å². The number of amides is 3. The number of urea groups is 1. The lowest BCUT2D eigenvalue weighted by atomic mass is 9.93. The number of H-pyrrole nitrogens is 1. The first kappa shape index (κ1) is 26.3. The van der Waals surface area contributed by atoms with E-state index in [2.05, 4.69) is 39.2 Å². The van der Waals surface area contributed by atoms with Crippen LogP contribution in [0.4, 0.5) is 10.6 Å². The molecule has 6 rings (SSSR count). The molecule has 11 nitrogen and oxygen atoms in total. The van der Waals surface area contributed by atoms with Crippen molar-refractivity contribution in [3.8, 4) is 0 Å². The molecule has 2 saturated heterocycles. The molecular formula is C28H42N8O3. The third kappa shape index (κ3) is 4.84. The molecule has 0 unspecified atom stereocenters. The summed E-state index contributed by atoms with van der Waals surface area (Å²) in [4.78, 5) is 37.8. The maximum absolute atomic E-state index is 14.0. The van der Waals surface area contributed by atoms with Crippen LogP contribution in [-0.2, 0) is 16.8 Å². The number of carbonyl (C=O) groups is 2. The molecule has 0 bridgehead atoms. The molecule has 0 aromatic carbocycles. The summed E-state index contributed by atoms with van der Waals surface area (Å²) in [6.45, 7) is 13.2. The predicted octanol–water partition coefficient (Wildman–Crippen LogP) is 3.58. The Bertz CT molecular complexity index is 1210. The van der Waals surface area contributed by atoms with Gasteiger partial charge in [0.25, 0.3) is 5.91 Å². The Kier molecular flexibility index (Phi) is 6.91. The highest BCUT2D eigenvalue weighted by atomic mass is 16.5. The number of nitrogens with zero attached hydrogens (tertiary/aromatic N) is 6. The van der Waals surface area contributed by atoms with Gasteiger partial charge in [-0.15, -0.1) is 0 Å². The molecule has 11 heteroatoms. The molecule has 5 heterocycles. The van der Waals surface area contributed by atoms with Crippen LogP contribution >= 0.6 is 0 Å². The largest absolute Gasteiger partial charge is 0.381 e. The van der Waals surface area contributed by atoms with Crippen molar-refractivity contribution in [2.75, 3.05) is 38.2 Å². The summed E-state index contributed by atoms with van der Waals surface area (Å²) >= 11 is 0. The van der Waals surface area contributed by atoms with Gasteiger partial charge in [0.1, 0.15) is 5.69 Å². The fourth-order valence-corrected chi connectivity index (χ4v) is 6.57. The highest BCUT2D eigenvalue weighted by Gasteiger charge is 2.47. The Morgan fingerprint density at radius 2 is 1.90 bits per heavy atom. The van der Waals surface area contributed by atoms with E-state index in [9.17, 15) is 9.59 Å². The van der Waals surface area contributed by atoms with Crippen LogP contribution in [0.3, 0.4) is 0 Å². The van der Waals surface area contributed by atoms with Crippen molar-refractivity contribution in [1.82, 2.24) is 34.4 Å². The van der Waals surface area contributed by atoms with Crippen molar-refractivity contribution in [2.45, 2.75) is 90.0 Å². The Balaban J connectivity index is 1.12. The van der Waals surface area contributed by atoms with Gasteiger partial charge in [0.2, 0.25) is 0 Å². The van der Waals surface area contributed by atoms with E-state index in [1.807, 2.05) is 34.4 Å². The van der Waals surface area contributed by atoms with Crippen LogP contribution in [0, 0.1) is 5.92 Å². The Labute approximate surface area is 230 Å². The monoisotopic (exact) mass is 538 g/mol. The molecule has 3 aliphatic heterocycles. The number of imidazole rings is 1. The average Bonchev–Trinajstić information content (AvgIpc) is 3.57. The second-order valence-electron chi connectivity index (χ2n) is 12.5. The van der Waals surface area contributed by atoms with Crippen molar-refractivity contribution in [3.63, 3.8) is 0 Å². The molecule has 0 radical (unpaired) electrons. The van der Waals surface area contributed by atoms with Crippen molar-refractivity contribution >= 4 is 17.8 Å². The number of ether oxygens (including phenoxy) is 1. The van der Waals surface area contributed by atoms with E-state index in [1.54, 1.807) is 6.33 Å². The molecule has 3 amide bonds. The van der Waals surface area contributed by atoms with Gasteiger partial charge in [-0.25, -0.2) is 9.78 Å². The molecule has 212 valence electrons. The maximum Gasteiger partial charge on any atom is 0.321 e. The second kappa shape index (κ2) is 10.2. The van der Waals surface area contributed by atoms with Crippen LogP contribution in [0.1, 0.15) is 87.6 Å². The molecule has 2 N–H and O–H groups in total. The SMILES string of the molecule is C[C@@H]1CN(C(=O)N2Cc3c(NC(=O)c4cn(C5CCC5)cn4)n[nH]c3C2(C)C)[C@@H](C)CN1CC1CCOCC1. The van der Waals surface area contributed by atoms with Gasteiger partial charge in [0.15, 0.2) is 5.82 Å². The van der Waals surface area contributed by atoms with Gasteiger partial charge in [-0.2, -0.15) is 5.10 Å². The normalized spacial score (nSPS) is 25.9. The maximum atomic E-state index is 14.0. The van der Waals surface area contributed by atoms with E-state index in [0.717, 1.165) is 63.2 Å². The van der Waals surface area contributed by atoms with Crippen molar-refractivity contribution < 1.29 is 14.3 Å². The first-order valence-corrected chi connectivity index (χ1v) is 14.5. The van der Waals surface area contributed by atoms with Gasteiger partial charge in [-0.05, 0) is 65.7 Å². The number of aromatic nitrogens is 4. The molecule has 2 aromatic rings. The number of hydrogen-bond acceptors (Lipinski definition) is 6. The zero-order valence-electron chi connectivity index (χ0n) is 23.7. The third-order valence-electron chi connectivity index (χ3n) is 9.46. The molecular weight excluding hydrogens is 496 g/mol. The number of carbonyl (C=O) groups excluding carboxylic acids is 2. The van der Waals surface area contributed by atoms with Crippen LogP contribution in [0.2, 0.25) is 0 Å². The van der Waals surface area contributed by atoms with Crippen LogP contribution < -0.4 is 5.32 Å². The smallest absolute Gasteiger partial charge is 0.321 e. The van der Waals surface area contributed by atoms with Gasteiger partial charge in [0, 0.05) is 62.7 Å². The van der Waals surface area contributed by atoms with Gasteiger partial charge < -0.3 is 24.4 Å².